The van der Waals surface area contributed by atoms with E-state index in [-0.39, 0.29) is 4.21 Å². The largest absolute Gasteiger partial charge is 0.378 e. The van der Waals surface area contributed by atoms with Crippen molar-refractivity contribution < 1.29 is 12.6 Å². The predicted molar refractivity (Wildman–Crippen MR) is 77.4 cm³/mol. The van der Waals surface area contributed by atoms with E-state index in [1.807, 2.05) is 19.1 Å². The van der Waals surface area contributed by atoms with Gasteiger partial charge >= 0.3 is 10.1 Å². The minimum absolute atomic E-state index is 0.224. The Morgan fingerprint density at radius 2 is 1.95 bits per heavy atom. The molecular weight excluding hydrogens is 280 g/mol. The third-order valence-corrected chi connectivity index (χ3v) is 5.41. The van der Waals surface area contributed by atoms with Gasteiger partial charge in [0.1, 0.15) is 5.75 Å². The molecule has 1 heterocycles. The molecular formula is C14H16O3S2. The third-order valence-electron chi connectivity index (χ3n) is 2.82. The van der Waals surface area contributed by atoms with Crippen LogP contribution in [0.3, 0.4) is 0 Å². The molecule has 0 aliphatic rings. The van der Waals surface area contributed by atoms with Gasteiger partial charge in [0.2, 0.25) is 0 Å². The van der Waals surface area contributed by atoms with Crippen molar-refractivity contribution in [3.05, 3.63) is 46.8 Å². The first-order valence-corrected chi connectivity index (χ1v) is 8.27. The second kappa shape index (κ2) is 5.35. The average Bonchev–Trinajstić information content (AvgIpc) is 2.85. The summed E-state index contributed by atoms with van der Waals surface area (Å²) in [5.41, 5.74) is 1.87. The molecule has 0 saturated carbocycles. The standard InChI is InChI=1S/C14H16O3S2/c1-10(2)12-7-6-11(3)13(9-12)17-19(15,16)14-5-4-8-18-14/h4-10H,1-3H3. The minimum atomic E-state index is -3.72. The van der Waals surface area contributed by atoms with Gasteiger partial charge in [0.15, 0.2) is 4.21 Å². The Balaban J connectivity index is 2.36. The summed E-state index contributed by atoms with van der Waals surface area (Å²) in [6, 6.07) is 8.91. The maximum Gasteiger partial charge on any atom is 0.348 e. The monoisotopic (exact) mass is 296 g/mol. The van der Waals surface area contributed by atoms with Crippen LogP contribution in [0.2, 0.25) is 0 Å². The molecule has 0 unspecified atom stereocenters. The molecule has 0 saturated heterocycles. The summed E-state index contributed by atoms with van der Waals surface area (Å²) in [5.74, 6) is 0.729. The van der Waals surface area contributed by atoms with Crippen LogP contribution in [0.5, 0.6) is 5.75 Å². The van der Waals surface area contributed by atoms with Gasteiger partial charge in [0, 0.05) is 0 Å². The Morgan fingerprint density at radius 3 is 2.53 bits per heavy atom. The molecule has 2 aromatic rings. The van der Waals surface area contributed by atoms with Crippen LogP contribution in [0.1, 0.15) is 30.9 Å². The summed E-state index contributed by atoms with van der Waals surface area (Å²) in [7, 11) is -3.72. The van der Waals surface area contributed by atoms with Crippen molar-refractivity contribution in [3.8, 4) is 5.75 Å². The molecule has 0 radical (unpaired) electrons. The molecule has 1 aromatic carbocycles. The van der Waals surface area contributed by atoms with Crippen LogP contribution in [0.15, 0.2) is 39.9 Å². The van der Waals surface area contributed by atoms with Crippen molar-refractivity contribution in [2.24, 2.45) is 0 Å². The lowest BCUT2D eigenvalue weighted by molar-refractivity contribution is 0.486. The van der Waals surface area contributed by atoms with E-state index in [1.54, 1.807) is 23.6 Å². The summed E-state index contributed by atoms with van der Waals surface area (Å²) in [6.07, 6.45) is 0. The normalized spacial score (nSPS) is 11.8. The lowest BCUT2D eigenvalue weighted by Crippen LogP contribution is -2.09. The number of aryl methyl sites for hydroxylation is 1. The zero-order chi connectivity index (χ0) is 14.0. The molecule has 102 valence electrons. The van der Waals surface area contributed by atoms with Gasteiger partial charge in [0.05, 0.1) is 0 Å². The first kappa shape index (κ1) is 14.1. The lowest BCUT2D eigenvalue weighted by atomic mass is 10.0. The maximum absolute atomic E-state index is 12.1. The molecule has 0 N–H and O–H groups in total. The van der Waals surface area contributed by atoms with E-state index in [2.05, 4.69) is 13.8 Å². The predicted octanol–water partition coefficient (Wildman–Crippen LogP) is 3.95. The number of thiophene rings is 1. The highest BCUT2D eigenvalue weighted by atomic mass is 32.3. The zero-order valence-electron chi connectivity index (χ0n) is 11.1. The molecule has 19 heavy (non-hydrogen) atoms. The van der Waals surface area contributed by atoms with Crippen molar-refractivity contribution in [3.63, 3.8) is 0 Å². The van der Waals surface area contributed by atoms with E-state index >= 15 is 0 Å². The second-order valence-electron chi connectivity index (χ2n) is 4.65. The second-order valence-corrected chi connectivity index (χ2v) is 7.37. The van der Waals surface area contributed by atoms with Gasteiger partial charge < -0.3 is 4.18 Å². The van der Waals surface area contributed by atoms with Crippen LogP contribution >= 0.6 is 11.3 Å². The fourth-order valence-electron chi connectivity index (χ4n) is 1.63. The first-order chi connectivity index (χ1) is 8.90. The molecule has 0 amide bonds. The van der Waals surface area contributed by atoms with Crippen molar-refractivity contribution in [2.75, 3.05) is 0 Å². The van der Waals surface area contributed by atoms with E-state index in [4.69, 9.17) is 4.18 Å². The van der Waals surface area contributed by atoms with Crippen LogP contribution < -0.4 is 4.18 Å². The quantitative estimate of drug-likeness (QED) is 0.802. The number of hydrogen-bond acceptors (Lipinski definition) is 4. The number of benzene rings is 1. The average molecular weight is 296 g/mol. The Morgan fingerprint density at radius 1 is 1.21 bits per heavy atom. The Hall–Kier alpha value is -1.33. The molecule has 2 rings (SSSR count). The first-order valence-electron chi connectivity index (χ1n) is 5.98. The molecule has 0 bridgehead atoms. The van der Waals surface area contributed by atoms with Crippen LogP contribution in [0.4, 0.5) is 0 Å². The molecule has 3 nitrogen and oxygen atoms in total. The van der Waals surface area contributed by atoms with Crippen LogP contribution in [-0.2, 0) is 10.1 Å². The van der Waals surface area contributed by atoms with Gasteiger partial charge in [-0.2, -0.15) is 8.42 Å². The molecule has 0 atom stereocenters. The highest BCUT2D eigenvalue weighted by molar-refractivity contribution is 7.89. The SMILES string of the molecule is Cc1ccc(C(C)C)cc1OS(=O)(=O)c1cccs1. The number of rotatable bonds is 4. The number of hydrogen-bond donors (Lipinski definition) is 0. The summed E-state index contributed by atoms with van der Waals surface area (Å²) in [6.45, 7) is 5.95. The molecule has 0 aliphatic heterocycles. The van der Waals surface area contributed by atoms with Gasteiger partial charge in [-0.1, -0.05) is 32.0 Å². The molecule has 0 spiro atoms. The molecule has 1 aromatic heterocycles. The van der Waals surface area contributed by atoms with Crippen molar-refractivity contribution in [1.29, 1.82) is 0 Å². The van der Waals surface area contributed by atoms with Crippen molar-refractivity contribution >= 4 is 21.5 Å². The van der Waals surface area contributed by atoms with Gasteiger partial charge in [-0.05, 0) is 41.5 Å². The smallest absolute Gasteiger partial charge is 0.348 e. The fraction of sp³-hybridized carbons (Fsp3) is 0.286. The van der Waals surface area contributed by atoms with Crippen molar-refractivity contribution in [2.45, 2.75) is 30.9 Å². The van der Waals surface area contributed by atoms with Gasteiger partial charge in [-0.15, -0.1) is 11.3 Å². The van der Waals surface area contributed by atoms with Crippen LogP contribution in [-0.4, -0.2) is 8.42 Å². The Bertz CT molecular complexity index is 656. The van der Waals surface area contributed by atoms with Gasteiger partial charge in [-0.3, -0.25) is 0 Å². The van der Waals surface area contributed by atoms with Gasteiger partial charge in [-0.25, -0.2) is 0 Å². The summed E-state index contributed by atoms with van der Waals surface area (Å²) < 4.78 is 29.6. The fourth-order valence-corrected chi connectivity index (χ4v) is 3.56. The third kappa shape index (κ3) is 3.16. The van der Waals surface area contributed by atoms with E-state index in [0.29, 0.717) is 11.7 Å². The Labute approximate surface area is 118 Å². The lowest BCUT2D eigenvalue weighted by Gasteiger charge is -2.11. The topological polar surface area (TPSA) is 43.4 Å². The molecule has 0 aliphatic carbocycles. The summed E-state index contributed by atoms with van der Waals surface area (Å²) >= 11 is 1.15. The van der Waals surface area contributed by atoms with E-state index in [1.165, 1.54) is 0 Å². The highest BCUT2D eigenvalue weighted by Gasteiger charge is 2.19. The van der Waals surface area contributed by atoms with Crippen LogP contribution in [0.25, 0.3) is 0 Å². The molecule has 0 fully saturated rings. The summed E-state index contributed by atoms with van der Waals surface area (Å²) in [4.78, 5) is 0. The summed E-state index contributed by atoms with van der Waals surface area (Å²) in [5, 5.41) is 1.72. The molecule has 5 heteroatoms. The maximum atomic E-state index is 12.1. The van der Waals surface area contributed by atoms with E-state index in [9.17, 15) is 8.42 Å². The minimum Gasteiger partial charge on any atom is -0.378 e. The van der Waals surface area contributed by atoms with E-state index in [0.717, 1.165) is 22.5 Å². The van der Waals surface area contributed by atoms with Crippen molar-refractivity contribution in [1.82, 2.24) is 0 Å². The van der Waals surface area contributed by atoms with Gasteiger partial charge in [0.25, 0.3) is 0 Å². The van der Waals surface area contributed by atoms with Crippen LogP contribution in [0, 0.1) is 6.92 Å². The highest BCUT2D eigenvalue weighted by Crippen LogP contribution is 2.28. The van der Waals surface area contributed by atoms with E-state index < -0.39 is 10.1 Å². The Kier molecular flexibility index (Phi) is 3.96. The zero-order valence-corrected chi connectivity index (χ0v) is 12.7.